The third-order valence-electron chi connectivity index (χ3n) is 2.52. The molecule has 0 aliphatic carbocycles. The summed E-state index contributed by atoms with van der Waals surface area (Å²) >= 11 is 0. The maximum absolute atomic E-state index is 10.5. The number of phosphoric ester groups is 1. The highest BCUT2D eigenvalue weighted by molar-refractivity contribution is 7.46. The van der Waals surface area contributed by atoms with Crippen LogP contribution in [0.1, 0.15) is 19.3 Å². The van der Waals surface area contributed by atoms with E-state index in [9.17, 15) is 9.67 Å². The van der Waals surface area contributed by atoms with Crippen molar-refractivity contribution >= 4 is 7.82 Å². The van der Waals surface area contributed by atoms with E-state index in [1.165, 1.54) is 0 Å². The molecule has 1 atom stereocenters. The number of likely N-dealkylation sites (tertiary alicyclic amines) is 1. The lowest BCUT2D eigenvalue weighted by Crippen LogP contribution is -2.34. The van der Waals surface area contributed by atoms with E-state index in [1.807, 2.05) is 0 Å². The van der Waals surface area contributed by atoms with Gasteiger partial charge in [0.15, 0.2) is 0 Å². The summed E-state index contributed by atoms with van der Waals surface area (Å²) in [6.07, 6.45) is 2.44. The van der Waals surface area contributed by atoms with E-state index >= 15 is 0 Å². The van der Waals surface area contributed by atoms with E-state index in [4.69, 9.17) is 9.79 Å². The molecule has 1 saturated heterocycles. The predicted molar refractivity (Wildman–Crippen MR) is 52.8 cm³/mol. The fourth-order valence-corrected chi connectivity index (χ4v) is 2.20. The van der Waals surface area contributed by atoms with E-state index in [0.29, 0.717) is 13.0 Å². The van der Waals surface area contributed by atoms with E-state index < -0.39 is 7.82 Å². The van der Waals surface area contributed by atoms with Crippen LogP contribution in [0.2, 0.25) is 0 Å². The van der Waals surface area contributed by atoms with Crippen LogP contribution in [0.15, 0.2) is 0 Å². The molecule has 1 aliphatic rings. The van der Waals surface area contributed by atoms with Gasteiger partial charge in [-0.1, -0.05) is 0 Å². The van der Waals surface area contributed by atoms with Crippen molar-refractivity contribution in [3.8, 4) is 0 Å². The Morgan fingerprint density at radius 3 is 2.80 bits per heavy atom. The van der Waals surface area contributed by atoms with Crippen molar-refractivity contribution < 1.29 is 24.0 Å². The van der Waals surface area contributed by atoms with Crippen LogP contribution in [0, 0.1) is 0 Å². The van der Waals surface area contributed by atoms with Crippen molar-refractivity contribution in [1.82, 2.24) is 4.90 Å². The highest BCUT2D eigenvalue weighted by Crippen LogP contribution is 2.36. The van der Waals surface area contributed by atoms with Crippen LogP contribution >= 0.6 is 7.82 Å². The molecule has 0 aromatic heterocycles. The zero-order valence-electron chi connectivity index (χ0n) is 8.54. The summed E-state index contributed by atoms with van der Waals surface area (Å²) < 4.78 is 15.0. The van der Waals surface area contributed by atoms with Crippen LogP contribution in [0.4, 0.5) is 0 Å². The van der Waals surface area contributed by atoms with Gasteiger partial charge in [0.2, 0.25) is 0 Å². The molecule has 2 N–H and O–H groups in total. The van der Waals surface area contributed by atoms with Crippen molar-refractivity contribution in [3.05, 3.63) is 0 Å². The normalized spacial score (nSPS) is 23.5. The molecule has 0 bridgehead atoms. The number of hydrogen-bond acceptors (Lipinski definition) is 3. The molecule has 7 heteroatoms. The summed E-state index contributed by atoms with van der Waals surface area (Å²) in [4.78, 5) is 19.2. The summed E-state index contributed by atoms with van der Waals surface area (Å²) in [6.45, 7) is 1.51. The predicted octanol–water partition coefficient (Wildman–Crippen LogP) is 0.381. The molecule has 1 radical (unpaired) electrons. The molecule has 6 nitrogen and oxygen atoms in total. The monoisotopic (exact) mass is 238 g/mol. The standard InChI is InChI=1S/C8H17NO5P/c10-6-2-5-9-4-1-3-8(9)7-14-15(11,12)13/h8H,1-7H2,(H2,11,12,13). The third-order valence-corrected chi connectivity index (χ3v) is 3.01. The molecule has 0 aromatic rings. The minimum absolute atomic E-state index is 0.0448. The Labute approximate surface area is 89.1 Å². The molecule has 0 spiro atoms. The fraction of sp³-hybridized carbons (Fsp3) is 1.00. The summed E-state index contributed by atoms with van der Waals surface area (Å²) in [6, 6.07) is 0.0455. The molecule has 1 rings (SSSR count). The lowest BCUT2D eigenvalue weighted by Gasteiger charge is -2.23. The van der Waals surface area contributed by atoms with Gasteiger partial charge >= 0.3 is 7.82 Å². The van der Waals surface area contributed by atoms with Crippen LogP contribution in [-0.2, 0) is 14.2 Å². The van der Waals surface area contributed by atoms with Gasteiger partial charge < -0.3 is 9.79 Å². The first-order valence-corrected chi connectivity index (χ1v) is 6.58. The minimum atomic E-state index is -4.36. The quantitative estimate of drug-likeness (QED) is 0.653. The molecule has 1 fully saturated rings. The lowest BCUT2D eigenvalue weighted by atomic mass is 10.2. The fourth-order valence-electron chi connectivity index (χ4n) is 1.83. The van der Waals surface area contributed by atoms with Crippen molar-refractivity contribution in [3.63, 3.8) is 0 Å². The lowest BCUT2D eigenvalue weighted by molar-refractivity contribution is 0.120. The van der Waals surface area contributed by atoms with E-state index in [1.54, 1.807) is 0 Å². The third kappa shape index (κ3) is 5.06. The topological polar surface area (TPSA) is 89.9 Å². The summed E-state index contributed by atoms with van der Waals surface area (Å²) in [5.41, 5.74) is 0. The van der Waals surface area contributed by atoms with Crippen LogP contribution in [0.25, 0.3) is 0 Å². The molecule has 1 aliphatic heterocycles. The van der Waals surface area contributed by atoms with Gasteiger partial charge in [0, 0.05) is 12.6 Å². The Morgan fingerprint density at radius 2 is 2.20 bits per heavy atom. The van der Waals surface area contributed by atoms with Gasteiger partial charge in [0.25, 0.3) is 0 Å². The van der Waals surface area contributed by atoms with Crippen molar-refractivity contribution in [2.75, 3.05) is 26.3 Å². The SMILES string of the molecule is [O]CCCN1CCCC1COP(=O)(O)O. The molecule has 0 amide bonds. The van der Waals surface area contributed by atoms with E-state index in [-0.39, 0.29) is 19.3 Å². The van der Waals surface area contributed by atoms with Gasteiger partial charge in [0.1, 0.15) is 0 Å². The molecule has 0 aromatic carbocycles. The highest BCUT2D eigenvalue weighted by atomic mass is 31.2. The van der Waals surface area contributed by atoms with Gasteiger partial charge in [-0.2, -0.15) is 0 Å². The Morgan fingerprint density at radius 1 is 1.47 bits per heavy atom. The summed E-state index contributed by atoms with van der Waals surface area (Å²) in [5.74, 6) is 0. The molecule has 1 unspecified atom stereocenters. The molecule has 1 heterocycles. The Kier molecular flexibility index (Phi) is 5.18. The number of nitrogens with zero attached hydrogens (tertiary/aromatic N) is 1. The smallest absolute Gasteiger partial charge is 0.303 e. The molecular weight excluding hydrogens is 221 g/mol. The average molecular weight is 238 g/mol. The second kappa shape index (κ2) is 5.94. The summed E-state index contributed by atoms with van der Waals surface area (Å²) in [7, 11) is -4.36. The Bertz CT molecular complexity index is 231. The maximum Gasteiger partial charge on any atom is 0.469 e. The second-order valence-electron chi connectivity index (χ2n) is 3.68. The van der Waals surface area contributed by atoms with Gasteiger partial charge in [-0.15, -0.1) is 0 Å². The largest absolute Gasteiger partial charge is 0.469 e. The van der Waals surface area contributed by atoms with Crippen molar-refractivity contribution in [1.29, 1.82) is 0 Å². The molecule has 0 saturated carbocycles. The minimum Gasteiger partial charge on any atom is -0.303 e. The number of hydrogen-bond donors (Lipinski definition) is 2. The van der Waals surface area contributed by atoms with E-state index in [0.717, 1.165) is 19.4 Å². The zero-order valence-corrected chi connectivity index (χ0v) is 9.44. The van der Waals surface area contributed by atoms with Crippen LogP contribution in [-0.4, -0.2) is 47.0 Å². The first-order chi connectivity index (χ1) is 7.03. The van der Waals surface area contributed by atoms with Gasteiger partial charge in [-0.3, -0.25) is 9.42 Å². The van der Waals surface area contributed by atoms with Gasteiger partial charge in [-0.05, 0) is 25.8 Å². The van der Waals surface area contributed by atoms with Gasteiger partial charge in [0.05, 0.1) is 13.2 Å². The maximum atomic E-state index is 10.5. The Balaban J connectivity index is 2.30. The second-order valence-corrected chi connectivity index (χ2v) is 4.92. The molecule has 15 heavy (non-hydrogen) atoms. The average Bonchev–Trinajstić information content (AvgIpc) is 2.57. The zero-order chi connectivity index (χ0) is 11.3. The van der Waals surface area contributed by atoms with Gasteiger partial charge in [-0.25, -0.2) is 9.67 Å². The van der Waals surface area contributed by atoms with Crippen molar-refractivity contribution in [2.24, 2.45) is 0 Å². The van der Waals surface area contributed by atoms with Crippen LogP contribution in [0.3, 0.4) is 0 Å². The number of phosphoric acid groups is 1. The van der Waals surface area contributed by atoms with Crippen LogP contribution in [0.5, 0.6) is 0 Å². The summed E-state index contributed by atoms with van der Waals surface area (Å²) in [5, 5.41) is 10.3. The highest BCUT2D eigenvalue weighted by Gasteiger charge is 2.26. The number of rotatable bonds is 6. The first-order valence-electron chi connectivity index (χ1n) is 5.05. The van der Waals surface area contributed by atoms with Crippen molar-refractivity contribution in [2.45, 2.75) is 25.3 Å². The van der Waals surface area contributed by atoms with E-state index in [2.05, 4.69) is 9.42 Å². The molecular formula is C8H17NO5P. The Hall–Kier alpha value is 0.0300. The first kappa shape index (κ1) is 13.1. The molecule has 89 valence electrons. The van der Waals surface area contributed by atoms with Crippen LogP contribution < -0.4 is 0 Å².